The molecule has 0 radical (unpaired) electrons. The fraction of sp³-hybridized carbons (Fsp3) is 0.222. The van der Waals surface area contributed by atoms with E-state index in [0.29, 0.717) is 10.0 Å². The minimum absolute atomic E-state index is 0.0882. The second kappa shape index (κ2) is 4.36. The van der Waals surface area contributed by atoms with Crippen LogP contribution in [-0.4, -0.2) is 0 Å². The number of nitrogens with zero attached hydrogens (tertiary/aromatic N) is 1. The van der Waals surface area contributed by atoms with Crippen molar-refractivity contribution in [3.8, 4) is 6.19 Å². The Labute approximate surface area is 87.1 Å². The second-order valence-corrected chi connectivity index (χ2v) is 3.49. The predicted molar refractivity (Wildman–Crippen MR) is 53.6 cm³/mol. The molecule has 68 valence electrons. The van der Waals surface area contributed by atoms with Gasteiger partial charge in [-0.15, -0.1) is 0 Å². The van der Waals surface area contributed by atoms with Crippen molar-refractivity contribution >= 4 is 23.2 Å². The monoisotopic (exact) mass is 214 g/mol. The van der Waals surface area contributed by atoms with Crippen LogP contribution in [0, 0.1) is 11.5 Å². The zero-order chi connectivity index (χ0) is 9.84. The molecule has 1 aromatic carbocycles. The predicted octanol–water partition coefficient (Wildman–Crippen LogP) is 3.13. The van der Waals surface area contributed by atoms with Crippen molar-refractivity contribution in [2.45, 2.75) is 13.0 Å². The van der Waals surface area contributed by atoms with Crippen LogP contribution < -0.4 is 5.32 Å². The molecule has 0 saturated carbocycles. The standard InChI is InChI=1S/C9H8Cl2N2/c1-6(13-5-12)8-3-2-7(10)4-9(8)11/h2-4,6,13H,1H3. The van der Waals surface area contributed by atoms with Gasteiger partial charge in [0.1, 0.15) is 0 Å². The van der Waals surface area contributed by atoms with Crippen molar-refractivity contribution in [1.29, 1.82) is 5.26 Å². The van der Waals surface area contributed by atoms with Crippen LogP contribution in [0.1, 0.15) is 18.5 Å². The SMILES string of the molecule is CC(NC#N)c1ccc(Cl)cc1Cl. The van der Waals surface area contributed by atoms with E-state index in [4.69, 9.17) is 28.5 Å². The summed E-state index contributed by atoms with van der Waals surface area (Å²) < 4.78 is 0. The van der Waals surface area contributed by atoms with Crippen molar-refractivity contribution in [3.63, 3.8) is 0 Å². The number of benzene rings is 1. The van der Waals surface area contributed by atoms with E-state index >= 15 is 0 Å². The molecule has 0 saturated heterocycles. The zero-order valence-corrected chi connectivity index (χ0v) is 8.52. The molecular formula is C9H8Cl2N2. The van der Waals surface area contributed by atoms with Crippen LogP contribution in [0.25, 0.3) is 0 Å². The van der Waals surface area contributed by atoms with Gasteiger partial charge in [-0.05, 0) is 24.6 Å². The van der Waals surface area contributed by atoms with Gasteiger partial charge >= 0.3 is 0 Å². The summed E-state index contributed by atoms with van der Waals surface area (Å²) in [6.07, 6.45) is 1.87. The van der Waals surface area contributed by atoms with Crippen LogP contribution in [-0.2, 0) is 0 Å². The molecule has 4 heteroatoms. The van der Waals surface area contributed by atoms with Gasteiger partial charge in [0, 0.05) is 10.0 Å². The topological polar surface area (TPSA) is 35.8 Å². The van der Waals surface area contributed by atoms with Crippen LogP contribution in [0.15, 0.2) is 18.2 Å². The molecule has 0 heterocycles. The molecule has 1 aromatic rings. The number of hydrogen-bond acceptors (Lipinski definition) is 2. The van der Waals surface area contributed by atoms with Crippen molar-refractivity contribution < 1.29 is 0 Å². The minimum Gasteiger partial charge on any atom is -0.317 e. The molecule has 1 unspecified atom stereocenters. The fourth-order valence-electron chi connectivity index (χ4n) is 1.03. The first-order valence-electron chi connectivity index (χ1n) is 3.74. The molecule has 13 heavy (non-hydrogen) atoms. The van der Waals surface area contributed by atoms with Gasteiger partial charge in [-0.1, -0.05) is 29.3 Å². The Bertz CT molecular complexity index is 344. The Balaban J connectivity index is 2.96. The van der Waals surface area contributed by atoms with Gasteiger partial charge in [0.05, 0.1) is 6.04 Å². The smallest absolute Gasteiger partial charge is 0.177 e. The Morgan fingerprint density at radius 2 is 2.15 bits per heavy atom. The number of halogens is 2. The molecule has 1 N–H and O–H groups in total. The highest BCUT2D eigenvalue weighted by atomic mass is 35.5. The van der Waals surface area contributed by atoms with E-state index in [2.05, 4.69) is 5.32 Å². The first kappa shape index (κ1) is 10.2. The van der Waals surface area contributed by atoms with Gasteiger partial charge in [0.2, 0.25) is 0 Å². The number of rotatable bonds is 2. The van der Waals surface area contributed by atoms with Gasteiger partial charge in [0.15, 0.2) is 6.19 Å². The lowest BCUT2D eigenvalue weighted by Crippen LogP contribution is -2.12. The van der Waals surface area contributed by atoms with Crippen molar-refractivity contribution in [3.05, 3.63) is 33.8 Å². The molecule has 0 aromatic heterocycles. The number of nitriles is 1. The van der Waals surface area contributed by atoms with E-state index in [0.717, 1.165) is 5.56 Å². The normalized spacial score (nSPS) is 11.8. The summed E-state index contributed by atoms with van der Waals surface area (Å²) in [6.45, 7) is 1.86. The molecule has 1 rings (SSSR count). The van der Waals surface area contributed by atoms with E-state index < -0.39 is 0 Å². The third-order valence-corrected chi connectivity index (χ3v) is 2.27. The van der Waals surface area contributed by atoms with Crippen molar-refractivity contribution in [1.82, 2.24) is 5.32 Å². The van der Waals surface area contributed by atoms with E-state index in [1.165, 1.54) is 0 Å². The van der Waals surface area contributed by atoms with Crippen LogP contribution in [0.5, 0.6) is 0 Å². The van der Waals surface area contributed by atoms with Gasteiger partial charge in [0.25, 0.3) is 0 Å². The third-order valence-electron chi connectivity index (χ3n) is 1.71. The van der Waals surface area contributed by atoms with Crippen LogP contribution in [0.3, 0.4) is 0 Å². The summed E-state index contributed by atoms with van der Waals surface area (Å²) >= 11 is 11.7. The second-order valence-electron chi connectivity index (χ2n) is 2.64. The Morgan fingerprint density at radius 3 is 2.69 bits per heavy atom. The van der Waals surface area contributed by atoms with Gasteiger partial charge in [-0.3, -0.25) is 0 Å². The first-order chi connectivity index (χ1) is 6.15. The van der Waals surface area contributed by atoms with Crippen molar-refractivity contribution in [2.75, 3.05) is 0 Å². The average molecular weight is 215 g/mol. The summed E-state index contributed by atoms with van der Waals surface area (Å²) in [4.78, 5) is 0. The highest BCUT2D eigenvalue weighted by molar-refractivity contribution is 6.35. The average Bonchev–Trinajstić information content (AvgIpc) is 2.04. The summed E-state index contributed by atoms with van der Waals surface area (Å²) in [6, 6.07) is 5.13. The first-order valence-corrected chi connectivity index (χ1v) is 4.50. The highest BCUT2D eigenvalue weighted by Crippen LogP contribution is 2.25. The molecule has 0 spiro atoms. The quantitative estimate of drug-likeness (QED) is 0.607. The maximum absolute atomic E-state index is 8.41. The maximum atomic E-state index is 8.41. The van der Waals surface area contributed by atoms with E-state index in [9.17, 15) is 0 Å². The Morgan fingerprint density at radius 1 is 1.46 bits per heavy atom. The molecule has 1 atom stereocenters. The zero-order valence-electron chi connectivity index (χ0n) is 7.01. The van der Waals surface area contributed by atoms with Gasteiger partial charge in [-0.2, -0.15) is 5.26 Å². The lowest BCUT2D eigenvalue weighted by Gasteiger charge is -2.11. The van der Waals surface area contributed by atoms with E-state index in [1.54, 1.807) is 18.2 Å². The summed E-state index contributed by atoms with van der Waals surface area (Å²) in [7, 11) is 0. The van der Waals surface area contributed by atoms with Gasteiger partial charge in [-0.25, -0.2) is 0 Å². The van der Waals surface area contributed by atoms with E-state index in [-0.39, 0.29) is 6.04 Å². The molecule has 0 amide bonds. The maximum Gasteiger partial charge on any atom is 0.177 e. The summed E-state index contributed by atoms with van der Waals surface area (Å²) in [5, 5.41) is 12.2. The van der Waals surface area contributed by atoms with Crippen LogP contribution >= 0.6 is 23.2 Å². The van der Waals surface area contributed by atoms with Gasteiger partial charge < -0.3 is 5.32 Å². The largest absolute Gasteiger partial charge is 0.317 e. The molecule has 0 aliphatic rings. The van der Waals surface area contributed by atoms with E-state index in [1.807, 2.05) is 13.1 Å². The molecule has 0 fully saturated rings. The molecule has 0 aliphatic carbocycles. The number of nitrogens with one attached hydrogen (secondary N) is 1. The van der Waals surface area contributed by atoms with Crippen LogP contribution in [0.2, 0.25) is 10.0 Å². The Hall–Kier alpha value is -0.910. The third kappa shape index (κ3) is 2.51. The molecule has 0 aliphatic heterocycles. The summed E-state index contributed by atoms with van der Waals surface area (Å²) in [5.41, 5.74) is 0.868. The lowest BCUT2D eigenvalue weighted by atomic mass is 10.1. The molecular weight excluding hydrogens is 207 g/mol. The summed E-state index contributed by atoms with van der Waals surface area (Å²) in [5.74, 6) is 0. The van der Waals surface area contributed by atoms with Crippen molar-refractivity contribution in [2.24, 2.45) is 0 Å². The highest BCUT2D eigenvalue weighted by Gasteiger charge is 2.08. The molecule has 2 nitrogen and oxygen atoms in total. The van der Waals surface area contributed by atoms with Crippen LogP contribution in [0.4, 0.5) is 0 Å². The fourth-order valence-corrected chi connectivity index (χ4v) is 1.60. The molecule has 0 bridgehead atoms. The minimum atomic E-state index is -0.0882. The number of hydrogen-bond donors (Lipinski definition) is 1. The Kier molecular flexibility index (Phi) is 3.41. The lowest BCUT2D eigenvalue weighted by molar-refractivity contribution is 0.698.